The summed E-state index contributed by atoms with van der Waals surface area (Å²) in [5, 5.41) is 9.19. The van der Waals surface area contributed by atoms with E-state index in [4.69, 9.17) is 27.2 Å². The maximum Gasteiger partial charge on any atom is 0.323 e. The summed E-state index contributed by atoms with van der Waals surface area (Å²) in [6, 6.07) is 5.36. The van der Waals surface area contributed by atoms with Crippen molar-refractivity contribution in [1.82, 2.24) is 19.9 Å². The fourth-order valence-corrected chi connectivity index (χ4v) is 2.69. The number of fused-ring (bicyclic) bond motifs is 1. The Bertz CT molecular complexity index is 918. The molecule has 1 unspecified atom stereocenters. The molecule has 0 amide bonds. The van der Waals surface area contributed by atoms with Crippen LogP contribution >= 0.6 is 11.6 Å². The van der Waals surface area contributed by atoms with E-state index in [9.17, 15) is 4.79 Å². The maximum atomic E-state index is 11.2. The molecule has 9 heteroatoms. The number of H-pyrrole nitrogens is 2. The van der Waals surface area contributed by atoms with Crippen LogP contribution in [0.5, 0.6) is 0 Å². The van der Waals surface area contributed by atoms with Gasteiger partial charge in [0.2, 0.25) is 5.95 Å². The summed E-state index contributed by atoms with van der Waals surface area (Å²) in [6.07, 6.45) is 3.19. The number of halogens is 1. The summed E-state index contributed by atoms with van der Waals surface area (Å²) in [5.74, 6) is 0.150. The van der Waals surface area contributed by atoms with E-state index in [1.165, 1.54) is 6.20 Å². The van der Waals surface area contributed by atoms with Gasteiger partial charge < -0.3 is 25.5 Å². The first-order chi connectivity index (χ1) is 12.0. The van der Waals surface area contributed by atoms with Crippen molar-refractivity contribution >= 4 is 28.6 Å². The molecule has 25 heavy (non-hydrogen) atoms. The minimum atomic E-state index is -0.254. The molecule has 1 fully saturated rings. The summed E-state index contributed by atoms with van der Waals surface area (Å²) in [4.78, 5) is 24.4. The highest BCUT2D eigenvalue weighted by Gasteiger charge is 2.09. The molecule has 8 nitrogen and oxygen atoms in total. The lowest BCUT2D eigenvalue weighted by atomic mass is 10.1. The second-order valence-electron chi connectivity index (χ2n) is 5.64. The number of aromatic amines is 2. The highest BCUT2D eigenvalue weighted by atomic mass is 35.5. The van der Waals surface area contributed by atoms with Crippen LogP contribution in [0.25, 0.3) is 22.3 Å². The van der Waals surface area contributed by atoms with Gasteiger partial charge in [-0.1, -0.05) is 17.7 Å². The van der Waals surface area contributed by atoms with Crippen molar-refractivity contribution in [1.29, 1.82) is 0 Å². The van der Waals surface area contributed by atoms with Crippen molar-refractivity contribution in [2.75, 3.05) is 18.9 Å². The predicted molar refractivity (Wildman–Crippen MR) is 95.4 cm³/mol. The van der Waals surface area contributed by atoms with Gasteiger partial charge in [0.05, 0.1) is 40.7 Å². The van der Waals surface area contributed by atoms with Gasteiger partial charge >= 0.3 is 5.69 Å². The molecule has 4 rings (SSSR count). The van der Waals surface area contributed by atoms with Crippen LogP contribution in [-0.4, -0.2) is 44.4 Å². The van der Waals surface area contributed by atoms with Crippen LogP contribution in [-0.2, 0) is 4.74 Å². The molecule has 1 aliphatic rings. The number of hydrogen-bond donors (Lipinski definition) is 4. The lowest BCUT2D eigenvalue weighted by Gasteiger charge is -2.15. The second-order valence-corrected chi connectivity index (χ2v) is 6.04. The van der Waals surface area contributed by atoms with Gasteiger partial charge in [-0.3, -0.25) is 0 Å². The molecule has 3 aromatic rings. The zero-order valence-electron chi connectivity index (χ0n) is 13.3. The molecule has 3 heterocycles. The molecule has 0 bridgehead atoms. The van der Waals surface area contributed by atoms with Gasteiger partial charge in [-0.15, -0.1) is 0 Å². The van der Waals surface area contributed by atoms with E-state index >= 15 is 0 Å². The van der Waals surface area contributed by atoms with Crippen molar-refractivity contribution in [3.8, 4) is 11.3 Å². The molecule has 5 N–H and O–H groups in total. The first-order valence-corrected chi connectivity index (χ1v) is 8.17. The van der Waals surface area contributed by atoms with Crippen LogP contribution in [0, 0.1) is 0 Å². The lowest BCUT2D eigenvalue weighted by molar-refractivity contribution is -0.00535. The van der Waals surface area contributed by atoms with Gasteiger partial charge in [0, 0.05) is 12.2 Å². The molecule has 0 saturated carbocycles. The number of benzene rings is 1. The minimum absolute atomic E-state index is 0.150. The van der Waals surface area contributed by atoms with Crippen molar-refractivity contribution in [3.63, 3.8) is 0 Å². The number of nitrogen functional groups attached to an aromatic ring is 1. The number of nitrogens with zero attached hydrogens (tertiary/aromatic N) is 2. The molecule has 132 valence electrons. The number of nitrogens with one attached hydrogen (secondary N) is 2. The van der Waals surface area contributed by atoms with Gasteiger partial charge in [0.25, 0.3) is 0 Å². The average molecular weight is 364 g/mol. The van der Waals surface area contributed by atoms with E-state index in [1.54, 1.807) is 18.2 Å². The average Bonchev–Trinajstić information content (AvgIpc) is 2.97. The third-order valence-electron chi connectivity index (χ3n) is 3.69. The predicted octanol–water partition coefficient (Wildman–Crippen LogP) is 1.71. The molecule has 1 aromatic carbocycles. The molecule has 0 spiro atoms. The van der Waals surface area contributed by atoms with Gasteiger partial charge in [-0.2, -0.15) is 0 Å². The first-order valence-electron chi connectivity index (χ1n) is 7.79. The van der Waals surface area contributed by atoms with Gasteiger partial charge in [0.15, 0.2) is 0 Å². The number of hydrogen-bond acceptors (Lipinski definition) is 6. The zero-order chi connectivity index (χ0) is 17.8. The second kappa shape index (κ2) is 7.64. The zero-order valence-corrected chi connectivity index (χ0v) is 14.1. The topological polar surface area (TPSA) is 130 Å². The highest BCUT2D eigenvalue weighted by Crippen LogP contribution is 2.27. The first kappa shape index (κ1) is 17.4. The molecule has 0 radical (unpaired) electrons. The van der Waals surface area contributed by atoms with E-state index in [0.717, 1.165) is 30.5 Å². The third kappa shape index (κ3) is 4.36. The van der Waals surface area contributed by atoms with E-state index in [2.05, 4.69) is 19.9 Å². The highest BCUT2D eigenvalue weighted by molar-refractivity contribution is 6.32. The van der Waals surface area contributed by atoms with E-state index < -0.39 is 0 Å². The number of aliphatic hydroxyl groups is 1. The standard InChI is InChI=1S/C11H8ClN5O.C5H10O2/c12-6-4-14-10(13)17-9(6)5-1-2-7-8(3-5)16-11(18)15-7;6-5-2-1-3-7-4-5/h1-4H,(H2,13,14,17)(H2,15,16,18);5-6H,1-4H2. The van der Waals surface area contributed by atoms with E-state index in [-0.39, 0.29) is 17.7 Å². The smallest absolute Gasteiger partial charge is 0.323 e. The summed E-state index contributed by atoms with van der Waals surface area (Å²) in [7, 11) is 0. The molecule has 0 aliphatic carbocycles. The van der Waals surface area contributed by atoms with Crippen LogP contribution in [0.1, 0.15) is 12.8 Å². The Labute approximate surface area is 148 Å². The quantitative estimate of drug-likeness (QED) is 0.520. The number of imidazole rings is 1. The fourth-order valence-electron chi connectivity index (χ4n) is 2.49. The van der Waals surface area contributed by atoms with Crippen LogP contribution in [0.15, 0.2) is 29.2 Å². The van der Waals surface area contributed by atoms with E-state index in [0.29, 0.717) is 22.8 Å². The minimum Gasteiger partial charge on any atom is -0.391 e. The lowest BCUT2D eigenvalue weighted by Crippen LogP contribution is -2.21. The SMILES string of the molecule is Nc1ncc(Cl)c(-c2ccc3[nH]c(=O)[nH]c3c2)n1.OC1CCCOC1. The Morgan fingerprint density at radius 1 is 1.32 bits per heavy atom. The van der Waals surface area contributed by atoms with Crippen molar-refractivity contribution < 1.29 is 9.84 Å². The van der Waals surface area contributed by atoms with Crippen molar-refractivity contribution in [3.05, 3.63) is 39.9 Å². The van der Waals surface area contributed by atoms with Gasteiger partial charge in [-0.05, 0) is 25.0 Å². The monoisotopic (exact) mass is 363 g/mol. The number of ether oxygens (including phenoxy) is 1. The van der Waals surface area contributed by atoms with Crippen molar-refractivity contribution in [2.45, 2.75) is 18.9 Å². The Kier molecular flexibility index (Phi) is 5.32. The summed E-state index contributed by atoms with van der Waals surface area (Å²) in [5.41, 5.74) is 7.99. The van der Waals surface area contributed by atoms with Gasteiger partial charge in [0.1, 0.15) is 0 Å². The molecular weight excluding hydrogens is 346 g/mol. The Morgan fingerprint density at radius 3 is 2.80 bits per heavy atom. The number of aliphatic hydroxyl groups excluding tert-OH is 1. The molecule has 1 saturated heterocycles. The number of rotatable bonds is 1. The normalized spacial score (nSPS) is 17.1. The molecule has 1 atom stereocenters. The van der Waals surface area contributed by atoms with Crippen LogP contribution in [0.3, 0.4) is 0 Å². The Hall–Kier alpha value is -2.42. The Balaban J connectivity index is 0.000000219. The maximum absolute atomic E-state index is 11.2. The largest absolute Gasteiger partial charge is 0.391 e. The number of anilines is 1. The number of aromatic nitrogens is 4. The van der Waals surface area contributed by atoms with Crippen LogP contribution in [0.2, 0.25) is 5.02 Å². The van der Waals surface area contributed by atoms with Crippen LogP contribution < -0.4 is 11.4 Å². The molecule has 1 aliphatic heterocycles. The van der Waals surface area contributed by atoms with E-state index in [1.807, 2.05) is 0 Å². The third-order valence-corrected chi connectivity index (χ3v) is 3.97. The Morgan fingerprint density at radius 2 is 2.12 bits per heavy atom. The number of nitrogens with two attached hydrogens (primary N) is 1. The van der Waals surface area contributed by atoms with Crippen LogP contribution in [0.4, 0.5) is 5.95 Å². The fraction of sp³-hybridized carbons (Fsp3) is 0.312. The molecular formula is C16H18ClN5O3. The summed E-state index contributed by atoms with van der Waals surface area (Å²) < 4.78 is 4.93. The summed E-state index contributed by atoms with van der Waals surface area (Å²) >= 11 is 6.03. The molecule has 2 aromatic heterocycles. The summed E-state index contributed by atoms with van der Waals surface area (Å²) in [6.45, 7) is 1.37. The van der Waals surface area contributed by atoms with Gasteiger partial charge in [-0.25, -0.2) is 14.8 Å². The van der Waals surface area contributed by atoms with Crippen molar-refractivity contribution in [2.24, 2.45) is 0 Å².